The number of rotatable bonds is 2. The van der Waals surface area contributed by atoms with E-state index in [1.807, 2.05) is 6.92 Å². The zero-order valence-electron chi connectivity index (χ0n) is 10.4. The third-order valence-electron chi connectivity index (χ3n) is 3.08. The minimum absolute atomic E-state index is 0.0845. The number of aliphatic hydroxyl groups is 1. The average molecular weight is 276 g/mol. The molecule has 1 saturated heterocycles. The van der Waals surface area contributed by atoms with Crippen molar-refractivity contribution in [2.24, 2.45) is 0 Å². The second-order valence-electron chi connectivity index (χ2n) is 4.54. The van der Waals surface area contributed by atoms with E-state index in [1.54, 1.807) is 4.90 Å². The van der Waals surface area contributed by atoms with E-state index in [0.717, 1.165) is 18.3 Å². The fraction of sp³-hybridized carbons (Fsp3) is 0.583. The van der Waals surface area contributed by atoms with Crippen LogP contribution < -0.4 is 4.90 Å². The van der Waals surface area contributed by atoms with Crippen molar-refractivity contribution in [1.29, 1.82) is 0 Å². The summed E-state index contributed by atoms with van der Waals surface area (Å²) in [6, 6.07) is 1.88. The smallest absolute Gasteiger partial charge is 0.394 e. The number of aliphatic hydroxyl groups excluding tert-OH is 1. The van der Waals surface area contributed by atoms with Crippen LogP contribution in [-0.4, -0.2) is 42.0 Å². The van der Waals surface area contributed by atoms with Gasteiger partial charge in [0.15, 0.2) is 0 Å². The Kier molecular flexibility index (Phi) is 3.96. The summed E-state index contributed by atoms with van der Waals surface area (Å²) in [4.78, 5) is 5.71. The number of nitrogens with zero attached hydrogens (tertiary/aromatic N) is 2. The first-order valence-corrected chi connectivity index (χ1v) is 5.94. The van der Waals surface area contributed by atoms with Crippen LogP contribution in [0.2, 0.25) is 0 Å². The topological polar surface area (TPSA) is 45.6 Å². The Labute approximate surface area is 108 Å². The summed E-state index contributed by atoms with van der Waals surface area (Å²) in [5, 5.41) is 9.07. The third kappa shape index (κ3) is 3.16. The minimum atomic E-state index is -4.39. The number of pyridine rings is 1. The molecule has 2 heterocycles. The Morgan fingerprint density at radius 1 is 1.53 bits per heavy atom. The first-order valence-electron chi connectivity index (χ1n) is 5.94. The van der Waals surface area contributed by atoms with E-state index in [4.69, 9.17) is 9.84 Å². The molecule has 0 saturated carbocycles. The second kappa shape index (κ2) is 5.34. The summed E-state index contributed by atoms with van der Waals surface area (Å²) in [5.74, 6) is 0.254. The summed E-state index contributed by atoms with van der Waals surface area (Å²) in [6.45, 7) is 2.35. The molecular weight excluding hydrogens is 261 g/mol. The van der Waals surface area contributed by atoms with Crippen LogP contribution in [0.1, 0.15) is 12.5 Å². The summed E-state index contributed by atoms with van der Waals surface area (Å²) >= 11 is 0. The quantitative estimate of drug-likeness (QED) is 0.893. The number of aromatic nitrogens is 1. The molecule has 7 heteroatoms. The number of morpholine rings is 1. The highest BCUT2D eigenvalue weighted by Crippen LogP contribution is 2.31. The van der Waals surface area contributed by atoms with Crippen molar-refractivity contribution < 1.29 is 23.0 Å². The highest BCUT2D eigenvalue weighted by molar-refractivity contribution is 5.43. The molecule has 0 radical (unpaired) electrons. The van der Waals surface area contributed by atoms with Gasteiger partial charge in [0, 0.05) is 12.7 Å². The molecule has 1 aliphatic rings. The Hall–Kier alpha value is -1.34. The lowest BCUT2D eigenvalue weighted by Crippen LogP contribution is -2.50. The van der Waals surface area contributed by atoms with Crippen LogP contribution in [0.25, 0.3) is 0 Å². The van der Waals surface area contributed by atoms with E-state index in [2.05, 4.69) is 4.98 Å². The number of anilines is 1. The molecule has 0 bridgehead atoms. The molecule has 1 N–H and O–H groups in total. The fourth-order valence-corrected chi connectivity index (χ4v) is 2.00. The maximum atomic E-state index is 12.7. The van der Waals surface area contributed by atoms with E-state index in [9.17, 15) is 13.2 Å². The lowest BCUT2D eigenvalue weighted by molar-refractivity contribution is -0.137. The summed E-state index contributed by atoms with van der Waals surface area (Å²) in [5.41, 5.74) is -0.725. The molecule has 1 aliphatic heterocycles. The van der Waals surface area contributed by atoms with Gasteiger partial charge in [-0.2, -0.15) is 13.2 Å². The van der Waals surface area contributed by atoms with Gasteiger partial charge in [-0.05, 0) is 19.1 Å². The van der Waals surface area contributed by atoms with Crippen LogP contribution in [-0.2, 0) is 10.9 Å². The monoisotopic (exact) mass is 276 g/mol. The number of ether oxygens (including phenoxy) is 1. The van der Waals surface area contributed by atoms with Crippen molar-refractivity contribution in [3.63, 3.8) is 0 Å². The predicted molar refractivity (Wildman–Crippen MR) is 62.9 cm³/mol. The molecule has 106 valence electrons. The van der Waals surface area contributed by atoms with Crippen molar-refractivity contribution >= 4 is 5.82 Å². The van der Waals surface area contributed by atoms with E-state index in [-0.39, 0.29) is 18.5 Å². The number of hydrogen-bond donors (Lipinski definition) is 1. The van der Waals surface area contributed by atoms with Crippen LogP contribution in [0.3, 0.4) is 0 Å². The third-order valence-corrected chi connectivity index (χ3v) is 3.08. The van der Waals surface area contributed by atoms with Gasteiger partial charge in [0.1, 0.15) is 5.82 Å². The van der Waals surface area contributed by atoms with Gasteiger partial charge in [-0.1, -0.05) is 0 Å². The van der Waals surface area contributed by atoms with Crippen LogP contribution in [0, 0.1) is 0 Å². The average Bonchev–Trinajstić information content (AvgIpc) is 2.38. The number of hydrogen-bond acceptors (Lipinski definition) is 4. The zero-order valence-corrected chi connectivity index (χ0v) is 10.4. The molecule has 2 rings (SSSR count). The fourth-order valence-electron chi connectivity index (χ4n) is 2.00. The molecule has 4 nitrogen and oxygen atoms in total. The minimum Gasteiger partial charge on any atom is -0.394 e. The van der Waals surface area contributed by atoms with E-state index < -0.39 is 17.8 Å². The van der Waals surface area contributed by atoms with Crippen LogP contribution in [0.5, 0.6) is 0 Å². The van der Waals surface area contributed by atoms with Gasteiger partial charge in [-0.15, -0.1) is 0 Å². The van der Waals surface area contributed by atoms with Gasteiger partial charge < -0.3 is 14.7 Å². The predicted octanol–water partition coefficient (Wildman–Crippen LogP) is 1.69. The molecule has 1 aromatic rings. The lowest BCUT2D eigenvalue weighted by Gasteiger charge is -2.38. The number of halogens is 3. The van der Waals surface area contributed by atoms with Crippen LogP contribution in [0.15, 0.2) is 18.3 Å². The van der Waals surface area contributed by atoms with Gasteiger partial charge in [0.05, 0.1) is 30.9 Å². The van der Waals surface area contributed by atoms with E-state index >= 15 is 0 Å². The van der Waals surface area contributed by atoms with Crippen molar-refractivity contribution in [1.82, 2.24) is 4.98 Å². The van der Waals surface area contributed by atoms with Gasteiger partial charge >= 0.3 is 6.18 Å². The molecule has 0 aromatic carbocycles. The molecule has 2 unspecified atom stereocenters. The SMILES string of the molecule is CC1COC(CO)CN1c1cc(C(F)(F)F)ccn1. The molecule has 2 atom stereocenters. The lowest BCUT2D eigenvalue weighted by atomic mass is 10.1. The molecular formula is C12H15F3N2O2. The van der Waals surface area contributed by atoms with Crippen molar-refractivity contribution in [3.05, 3.63) is 23.9 Å². The van der Waals surface area contributed by atoms with Crippen molar-refractivity contribution in [2.75, 3.05) is 24.7 Å². The second-order valence-corrected chi connectivity index (χ2v) is 4.54. The molecule has 0 amide bonds. The summed E-state index contributed by atoms with van der Waals surface area (Å²) in [6.07, 6.45) is -3.63. The van der Waals surface area contributed by atoms with Crippen molar-refractivity contribution in [3.8, 4) is 0 Å². The van der Waals surface area contributed by atoms with Gasteiger partial charge in [0.2, 0.25) is 0 Å². The van der Waals surface area contributed by atoms with Gasteiger partial charge in [0.25, 0.3) is 0 Å². The summed E-state index contributed by atoms with van der Waals surface area (Å²) in [7, 11) is 0. The zero-order chi connectivity index (χ0) is 14.0. The van der Waals surface area contributed by atoms with E-state index in [1.165, 1.54) is 0 Å². The Morgan fingerprint density at radius 2 is 2.26 bits per heavy atom. The highest BCUT2D eigenvalue weighted by Gasteiger charge is 2.33. The van der Waals surface area contributed by atoms with Crippen LogP contribution >= 0.6 is 0 Å². The Balaban J connectivity index is 2.25. The first-order chi connectivity index (χ1) is 8.91. The molecule has 1 aromatic heterocycles. The molecule has 19 heavy (non-hydrogen) atoms. The standard InChI is InChI=1S/C12H15F3N2O2/c1-8-7-19-10(6-18)5-17(8)11-4-9(2-3-16-11)12(13,14)15/h2-4,8,10,18H,5-7H2,1H3. The number of alkyl halides is 3. The first kappa shape index (κ1) is 14.1. The van der Waals surface area contributed by atoms with Crippen molar-refractivity contribution in [2.45, 2.75) is 25.2 Å². The highest BCUT2D eigenvalue weighted by atomic mass is 19.4. The summed E-state index contributed by atoms with van der Waals surface area (Å²) < 4.78 is 43.3. The Morgan fingerprint density at radius 3 is 2.89 bits per heavy atom. The largest absolute Gasteiger partial charge is 0.416 e. The van der Waals surface area contributed by atoms with Crippen LogP contribution in [0.4, 0.5) is 19.0 Å². The molecule has 0 spiro atoms. The Bertz CT molecular complexity index is 439. The maximum Gasteiger partial charge on any atom is 0.416 e. The molecule has 0 aliphatic carbocycles. The van der Waals surface area contributed by atoms with Gasteiger partial charge in [-0.25, -0.2) is 4.98 Å². The van der Waals surface area contributed by atoms with Gasteiger partial charge in [-0.3, -0.25) is 0 Å². The van der Waals surface area contributed by atoms with E-state index in [0.29, 0.717) is 13.2 Å². The maximum absolute atomic E-state index is 12.7. The normalized spacial score (nSPS) is 24.6. The molecule has 1 fully saturated rings.